The Hall–Kier alpha value is -1.36. The zero-order valence-electron chi connectivity index (χ0n) is 7.04. The maximum atomic E-state index is 5.33. The molecule has 5 heteroatoms. The van der Waals surface area contributed by atoms with E-state index in [1.165, 1.54) is 0 Å². The Morgan fingerprint density at radius 2 is 2.42 bits per heavy atom. The SMILES string of the molecule is CNc1nccc(NCCN)n1. The molecule has 1 aromatic rings. The lowest BCUT2D eigenvalue weighted by atomic mass is 10.5. The predicted molar refractivity (Wildman–Crippen MR) is 49.1 cm³/mol. The van der Waals surface area contributed by atoms with Gasteiger partial charge < -0.3 is 16.4 Å². The highest BCUT2D eigenvalue weighted by Crippen LogP contribution is 2.03. The van der Waals surface area contributed by atoms with Gasteiger partial charge in [0.1, 0.15) is 5.82 Å². The average molecular weight is 167 g/mol. The fourth-order valence-electron chi connectivity index (χ4n) is 0.778. The van der Waals surface area contributed by atoms with Crippen molar-refractivity contribution < 1.29 is 0 Å². The number of anilines is 2. The second kappa shape index (κ2) is 4.50. The molecule has 1 aromatic heterocycles. The van der Waals surface area contributed by atoms with Crippen LogP contribution in [0.4, 0.5) is 11.8 Å². The number of hydrogen-bond donors (Lipinski definition) is 3. The summed E-state index contributed by atoms with van der Waals surface area (Å²) < 4.78 is 0. The number of nitrogens with zero attached hydrogens (tertiary/aromatic N) is 2. The van der Waals surface area contributed by atoms with Crippen molar-refractivity contribution in [3.8, 4) is 0 Å². The first-order valence-corrected chi connectivity index (χ1v) is 3.81. The summed E-state index contributed by atoms with van der Waals surface area (Å²) in [6, 6.07) is 1.80. The van der Waals surface area contributed by atoms with Gasteiger partial charge in [-0.05, 0) is 6.07 Å². The van der Waals surface area contributed by atoms with E-state index in [0.29, 0.717) is 12.5 Å². The van der Waals surface area contributed by atoms with Gasteiger partial charge >= 0.3 is 0 Å². The van der Waals surface area contributed by atoms with Crippen LogP contribution in [0.1, 0.15) is 0 Å². The van der Waals surface area contributed by atoms with Crippen LogP contribution in [0, 0.1) is 0 Å². The number of nitrogens with one attached hydrogen (secondary N) is 2. The second-order valence-electron chi connectivity index (χ2n) is 2.23. The van der Waals surface area contributed by atoms with Crippen molar-refractivity contribution in [3.05, 3.63) is 12.3 Å². The van der Waals surface area contributed by atoms with Crippen LogP contribution in [0.25, 0.3) is 0 Å². The van der Waals surface area contributed by atoms with Crippen LogP contribution in [0.3, 0.4) is 0 Å². The molecule has 0 atom stereocenters. The van der Waals surface area contributed by atoms with Crippen molar-refractivity contribution in [3.63, 3.8) is 0 Å². The standard InChI is InChI=1S/C7H13N5/c1-9-7-11-4-2-6(12-7)10-5-3-8/h2,4H,3,5,8H2,1H3,(H2,9,10,11,12). The molecule has 0 amide bonds. The Labute approximate surface area is 71.4 Å². The van der Waals surface area contributed by atoms with E-state index in [2.05, 4.69) is 20.6 Å². The monoisotopic (exact) mass is 167 g/mol. The minimum absolute atomic E-state index is 0.596. The predicted octanol–water partition coefficient (Wildman–Crippen LogP) is -0.111. The van der Waals surface area contributed by atoms with E-state index in [0.717, 1.165) is 12.4 Å². The van der Waals surface area contributed by atoms with Crippen LogP contribution in [0.2, 0.25) is 0 Å². The van der Waals surface area contributed by atoms with Gasteiger partial charge in [0.05, 0.1) is 0 Å². The minimum atomic E-state index is 0.596. The van der Waals surface area contributed by atoms with Crippen LogP contribution >= 0.6 is 0 Å². The molecule has 5 nitrogen and oxygen atoms in total. The summed E-state index contributed by atoms with van der Waals surface area (Å²) in [5.74, 6) is 1.40. The zero-order valence-corrected chi connectivity index (χ0v) is 7.04. The van der Waals surface area contributed by atoms with Crippen LogP contribution in [-0.2, 0) is 0 Å². The summed E-state index contributed by atoms with van der Waals surface area (Å²) in [7, 11) is 1.78. The largest absolute Gasteiger partial charge is 0.369 e. The Morgan fingerprint density at radius 1 is 1.58 bits per heavy atom. The normalized spacial score (nSPS) is 9.50. The van der Waals surface area contributed by atoms with Gasteiger partial charge in [0.2, 0.25) is 5.95 Å². The molecular formula is C7H13N5. The lowest BCUT2D eigenvalue weighted by Crippen LogP contribution is -2.14. The summed E-state index contributed by atoms with van der Waals surface area (Å²) in [5.41, 5.74) is 5.33. The first-order valence-electron chi connectivity index (χ1n) is 3.81. The van der Waals surface area contributed by atoms with Gasteiger partial charge in [0.25, 0.3) is 0 Å². The van der Waals surface area contributed by atoms with Crippen molar-refractivity contribution in [1.29, 1.82) is 0 Å². The number of rotatable bonds is 4. The molecule has 0 aliphatic carbocycles. The summed E-state index contributed by atoms with van der Waals surface area (Å²) in [4.78, 5) is 8.11. The quantitative estimate of drug-likeness (QED) is 0.583. The van der Waals surface area contributed by atoms with Gasteiger partial charge in [-0.3, -0.25) is 0 Å². The van der Waals surface area contributed by atoms with E-state index in [1.54, 1.807) is 19.3 Å². The summed E-state index contributed by atoms with van der Waals surface area (Å²) in [5, 5.41) is 5.90. The van der Waals surface area contributed by atoms with Gasteiger partial charge in [-0.15, -0.1) is 0 Å². The molecule has 4 N–H and O–H groups in total. The Bertz CT molecular complexity index is 237. The molecule has 1 rings (SSSR count). The highest BCUT2D eigenvalue weighted by Gasteiger charge is 1.94. The van der Waals surface area contributed by atoms with Gasteiger partial charge in [-0.2, -0.15) is 4.98 Å². The van der Waals surface area contributed by atoms with E-state index in [1.807, 2.05) is 0 Å². The number of hydrogen-bond acceptors (Lipinski definition) is 5. The lowest BCUT2D eigenvalue weighted by Gasteiger charge is -2.04. The van der Waals surface area contributed by atoms with Crippen LogP contribution in [0.15, 0.2) is 12.3 Å². The van der Waals surface area contributed by atoms with Crippen LogP contribution in [-0.4, -0.2) is 30.1 Å². The van der Waals surface area contributed by atoms with Crippen molar-refractivity contribution >= 4 is 11.8 Å². The molecule has 0 fully saturated rings. The first-order chi connectivity index (χ1) is 5.86. The van der Waals surface area contributed by atoms with Crippen molar-refractivity contribution in [2.24, 2.45) is 5.73 Å². The maximum Gasteiger partial charge on any atom is 0.224 e. The fourth-order valence-corrected chi connectivity index (χ4v) is 0.778. The molecule has 12 heavy (non-hydrogen) atoms. The first kappa shape index (κ1) is 8.73. The third-order valence-corrected chi connectivity index (χ3v) is 1.33. The highest BCUT2D eigenvalue weighted by molar-refractivity contribution is 5.38. The Morgan fingerprint density at radius 3 is 3.08 bits per heavy atom. The Kier molecular flexibility index (Phi) is 3.28. The van der Waals surface area contributed by atoms with Gasteiger partial charge in [-0.25, -0.2) is 4.98 Å². The molecule has 0 aliphatic heterocycles. The molecule has 0 saturated heterocycles. The van der Waals surface area contributed by atoms with Crippen molar-refractivity contribution in [1.82, 2.24) is 9.97 Å². The molecule has 0 unspecified atom stereocenters. The molecule has 0 bridgehead atoms. The molecule has 1 heterocycles. The summed E-state index contributed by atoms with van der Waals surface area (Å²) >= 11 is 0. The van der Waals surface area contributed by atoms with E-state index < -0.39 is 0 Å². The third-order valence-electron chi connectivity index (χ3n) is 1.33. The Balaban J connectivity index is 2.60. The lowest BCUT2D eigenvalue weighted by molar-refractivity contribution is 1.00. The molecule has 0 aromatic carbocycles. The van der Waals surface area contributed by atoms with Crippen molar-refractivity contribution in [2.75, 3.05) is 30.8 Å². The molecule has 66 valence electrons. The second-order valence-corrected chi connectivity index (χ2v) is 2.23. The third kappa shape index (κ3) is 2.35. The number of nitrogens with two attached hydrogens (primary N) is 1. The molecule has 0 spiro atoms. The molecule has 0 saturated carbocycles. The van der Waals surface area contributed by atoms with E-state index in [-0.39, 0.29) is 0 Å². The summed E-state index contributed by atoms with van der Waals surface area (Å²) in [6.07, 6.45) is 1.69. The highest BCUT2D eigenvalue weighted by atomic mass is 15.1. The average Bonchev–Trinajstić information content (AvgIpc) is 2.15. The van der Waals surface area contributed by atoms with E-state index in [9.17, 15) is 0 Å². The van der Waals surface area contributed by atoms with Crippen LogP contribution in [0.5, 0.6) is 0 Å². The maximum absolute atomic E-state index is 5.33. The van der Waals surface area contributed by atoms with E-state index >= 15 is 0 Å². The van der Waals surface area contributed by atoms with Crippen molar-refractivity contribution in [2.45, 2.75) is 0 Å². The van der Waals surface area contributed by atoms with Gasteiger partial charge in [-0.1, -0.05) is 0 Å². The topological polar surface area (TPSA) is 75.9 Å². The van der Waals surface area contributed by atoms with Gasteiger partial charge in [0.15, 0.2) is 0 Å². The van der Waals surface area contributed by atoms with Crippen LogP contribution < -0.4 is 16.4 Å². The minimum Gasteiger partial charge on any atom is -0.369 e. The summed E-state index contributed by atoms with van der Waals surface area (Å²) in [6.45, 7) is 1.32. The van der Waals surface area contributed by atoms with Gasteiger partial charge in [0, 0.05) is 26.3 Å². The molecule has 0 radical (unpaired) electrons. The molecule has 0 aliphatic rings. The number of aromatic nitrogens is 2. The van der Waals surface area contributed by atoms with E-state index in [4.69, 9.17) is 5.73 Å². The smallest absolute Gasteiger partial charge is 0.224 e. The zero-order chi connectivity index (χ0) is 8.81. The fraction of sp³-hybridized carbons (Fsp3) is 0.429. The molecular weight excluding hydrogens is 154 g/mol.